The Morgan fingerprint density at radius 1 is 1.03 bits per heavy atom. The third-order valence-corrected chi connectivity index (χ3v) is 7.26. The normalized spacial score (nSPS) is 13.3. The molecule has 1 aliphatic heterocycles. The molecule has 1 amide bonds. The Kier molecular flexibility index (Phi) is 8.31. The zero-order valence-corrected chi connectivity index (χ0v) is 23.7. The molecule has 3 aromatic rings. The zero-order chi connectivity index (χ0) is 25.9. The number of benzene rings is 3. The number of carbonyl (C=O) groups is 1. The lowest BCUT2D eigenvalue weighted by Gasteiger charge is -2.31. The third-order valence-electron chi connectivity index (χ3n) is 6.29. The summed E-state index contributed by atoms with van der Waals surface area (Å²) in [4.78, 5) is 14.3. The van der Waals surface area contributed by atoms with Gasteiger partial charge in [0.2, 0.25) is 0 Å². The van der Waals surface area contributed by atoms with Crippen molar-refractivity contribution in [3.63, 3.8) is 0 Å². The molecule has 0 N–H and O–H groups in total. The van der Waals surface area contributed by atoms with Gasteiger partial charge in [0, 0.05) is 29.5 Å². The Labute approximate surface area is 227 Å². The van der Waals surface area contributed by atoms with Crippen LogP contribution in [0.15, 0.2) is 54.6 Å². The molecule has 0 saturated carbocycles. The number of hydrogen-bond acceptors (Lipinski definition) is 3. The minimum Gasteiger partial charge on any atom is -0.493 e. The largest absolute Gasteiger partial charge is 0.493 e. The zero-order valence-electron chi connectivity index (χ0n) is 21.4. The van der Waals surface area contributed by atoms with E-state index in [0.717, 1.165) is 62.3 Å². The fourth-order valence-electron chi connectivity index (χ4n) is 4.47. The van der Waals surface area contributed by atoms with E-state index in [9.17, 15) is 4.79 Å². The molecule has 36 heavy (non-hydrogen) atoms. The van der Waals surface area contributed by atoms with Crippen LogP contribution in [0.2, 0.25) is 5.02 Å². The van der Waals surface area contributed by atoms with E-state index >= 15 is 0 Å². The minimum absolute atomic E-state index is 0.262. The second kappa shape index (κ2) is 11.3. The van der Waals surface area contributed by atoms with E-state index in [0.29, 0.717) is 19.7 Å². The average molecular weight is 571 g/mol. The molecule has 0 bridgehead atoms. The Morgan fingerprint density at radius 2 is 1.75 bits per heavy atom. The summed E-state index contributed by atoms with van der Waals surface area (Å²) in [6.45, 7) is 9.62. The van der Waals surface area contributed by atoms with Gasteiger partial charge in [-0.05, 0) is 74.4 Å². The lowest BCUT2D eigenvalue weighted by atomic mass is 9.92. The van der Waals surface area contributed by atoms with Gasteiger partial charge in [0.25, 0.3) is 0 Å². The van der Waals surface area contributed by atoms with Crippen LogP contribution < -0.4 is 4.74 Å². The summed E-state index contributed by atoms with van der Waals surface area (Å²) in [5.74, 6) is 0.887. The van der Waals surface area contributed by atoms with Gasteiger partial charge < -0.3 is 14.4 Å². The summed E-state index contributed by atoms with van der Waals surface area (Å²) in [7, 11) is 0. The van der Waals surface area contributed by atoms with Gasteiger partial charge in [-0.15, -0.1) is 0 Å². The molecular formula is C30H33BrClNO3. The van der Waals surface area contributed by atoms with Gasteiger partial charge in [-0.1, -0.05) is 76.1 Å². The molecule has 1 heterocycles. The molecular weight excluding hydrogens is 538 g/mol. The van der Waals surface area contributed by atoms with Gasteiger partial charge in [0.1, 0.15) is 11.4 Å². The fraction of sp³-hybridized carbons (Fsp3) is 0.367. The number of amides is 1. The van der Waals surface area contributed by atoms with Crippen molar-refractivity contribution in [3.8, 4) is 28.0 Å². The number of rotatable bonds is 6. The molecule has 0 radical (unpaired) electrons. The molecule has 0 saturated heterocycles. The highest BCUT2D eigenvalue weighted by Crippen LogP contribution is 2.40. The number of fused-ring (bicyclic) bond motifs is 1. The predicted octanol–water partition coefficient (Wildman–Crippen LogP) is 8.44. The van der Waals surface area contributed by atoms with Gasteiger partial charge in [-0.2, -0.15) is 0 Å². The number of carbonyl (C=O) groups excluding carboxylic acids is 1. The first-order valence-electron chi connectivity index (χ1n) is 12.4. The second-order valence-corrected chi connectivity index (χ2v) is 11.3. The van der Waals surface area contributed by atoms with Crippen molar-refractivity contribution in [1.29, 1.82) is 0 Å². The van der Waals surface area contributed by atoms with Crippen molar-refractivity contribution < 1.29 is 14.3 Å². The van der Waals surface area contributed by atoms with Gasteiger partial charge in [-0.3, -0.25) is 0 Å². The highest BCUT2D eigenvalue weighted by molar-refractivity contribution is 9.09. The van der Waals surface area contributed by atoms with Crippen LogP contribution in [-0.4, -0.2) is 35.1 Å². The van der Waals surface area contributed by atoms with E-state index in [1.54, 1.807) is 4.90 Å². The molecule has 0 aromatic heterocycles. The van der Waals surface area contributed by atoms with Crippen molar-refractivity contribution in [3.05, 3.63) is 76.3 Å². The second-order valence-electron chi connectivity index (χ2n) is 10.1. The molecule has 0 aliphatic carbocycles. The van der Waals surface area contributed by atoms with Crippen LogP contribution in [0.3, 0.4) is 0 Å². The maximum atomic E-state index is 12.5. The summed E-state index contributed by atoms with van der Waals surface area (Å²) >= 11 is 10.5. The molecule has 4 nitrogen and oxygen atoms in total. The van der Waals surface area contributed by atoms with Crippen LogP contribution in [0, 0.1) is 6.92 Å². The van der Waals surface area contributed by atoms with Crippen LogP contribution in [0.1, 0.15) is 43.9 Å². The van der Waals surface area contributed by atoms with E-state index < -0.39 is 5.60 Å². The number of halogens is 2. The molecule has 4 rings (SSSR count). The highest BCUT2D eigenvalue weighted by atomic mass is 79.9. The molecule has 190 valence electrons. The number of hydrogen-bond donors (Lipinski definition) is 0. The lowest BCUT2D eigenvalue weighted by Crippen LogP contribution is -2.39. The van der Waals surface area contributed by atoms with E-state index in [1.807, 2.05) is 32.9 Å². The third kappa shape index (κ3) is 6.07. The van der Waals surface area contributed by atoms with Gasteiger partial charge in [0.15, 0.2) is 0 Å². The first-order chi connectivity index (χ1) is 17.2. The van der Waals surface area contributed by atoms with Crippen LogP contribution in [-0.2, 0) is 17.7 Å². The lowest BCUT2D eigenvalue weighted by molar-refractivity contribution is 0.0224. The Balaban J connectivity index is 1.60. The van der Waals surface area contributed by atoms with Crippen molar-refractivity contribution in [2.45, 2.75) is 52.7 Å². The molecule has 0 fully saturated rings. The summed E-state index contributed by atoms with van der Waals surface area (Å²) in [6.07, 6.45) is 1.47. The first kappa shape index (κ1) is 26.6. The smallest absolute Gasteiger partial charge is 0.410 e. The topological polar surface area (TPSA) is 38.8 Å². The molecule has 0 spiro atoms. The maximum Gasteiger partial charge on any atom is 0.410 e. The minimum atomic E-state index is -0.499. The van der Waals surface area contributed by atoms with Crippen LogP contribution in [0.25, 0.3) is 22.3 Å². The standard InChI is InChI=1S/C30H33BrClNO3/c1-20-24(8-6-11-27(20)35-17-7-15-31)26-10-5-9-25(28(26)32)22-12-13-23-19-33(16-14-21(23)18-22)29(34)36-30(2,3)4/h5-6,8-13,18H,7,14-17,19H2,1-4H3. The van der Waals surface area contributed by atoms with Gasteiger partial charge >= 0.3 is 6.09 Å². The fourth-order valence-corrected chi connectivity index (χ4v) is 5.03. The van der Waals surface area contributed by atoms with Crippen molar-refractivity contribution >= 4 is 33.6 Å². The molecule has 0 unspecified atom stereocenters. The predicted molar refractivity (Wildman–Crippen MR) is 151 cm³/mol. The summed E-state index contributed by atoms with van der Waals surface area (Å²) in [5.41, 5.74) is 7.11. The number of nitrogens with zero attached hydrogens (tertiary/aromatic N) is 1. The van der Waals surface area contributed by atoms with Crippen molar-refractivity contribution in [1.82, 2.24) is 4.90 Å². The van der Waals surface area contributed by atoms with E-state index in [1.165, 1.54) is 5.56 Å². The molecule has 0 atom stereocenters. The van der Waals surface area contributed by atoms with Crippen molar-refractivity contribution in [2.24, 2.45) is 0 Å². The van der Waals surface area contributed by atoms with Crippen LogP contribution >= 0.6 is 27.5 Å². The summed E-state index contributed by atoms with van der Waals surface area (Å²) in [6, 6.07) is 18.7. The number of ether oxygens (including phenoxy) is 2. The monoisotopic (exact) mass is 569 g/mol. The maximum absolute atomic E-state index is 12.5. The summed E-state index contributed by atoms with van der Waals surface area (Å²) in [5, 5.41) is 1.64. The van der Waals surface area contributed by atoms with E-state index in [4.69, 9.17) is 21.1 Å². The Morgan fingerprint density at radius 3 is 2.50 bits per heavy atom. The average Bonchev–Trinajstić information content (AvgIpc) is 2.84. The van der Waals surface area contributed by atoms with E-state index in [2.05, 4.69) is 65.3 Å². The van der Waals surface area contributed by atoms with E-state index in [-0.39, 0.29) is 6.09 Å². The Bertz CT molecular complexity index is 1250. The van der Waals surface area contributed by atoms with Crippen LogP contribution in [0.4, 0.5) is 4.79 Å². The summed E-state index contributed by atoms with van der Waals surface area (Å²) < 4.78 is 11.6. The first-order valence-corrected chi connectivity index (χ1v) is 13.9. The quantitative estimate of drug-likeness (QED) is 0.220. The Hall–Kier alpha value is -2.50. The molecule has 3 aromatic carbocycles. The SMILES string of the molecule is Cc1c(OCCCBr)cccc1-c1cccc(-c2ccc3c(c2)CCN(C(=O)OC(C)(C)C)C3)c1Cl. The van der Waals surface area contributed by atoms with Crippen molar-refractivity contribution in [2.75, 3.05) is 18.5 Å². The molecule has 6 heteroatoms. The number of alkyl halides is 1. The van der Waals surface area contributed by atoms with Gasteiger partial charge in [-0.25, -0.2) is 4.79 Å². The molecule has 1 aliphatic rings. The van der Waals surface area contributed by atoms with Crippen LogP contribution in [0.5, 0.6) is 5.75 Å². The van der Waals surface area contributed by atoms with Gasteiger partial charge in [0.05, 0.1) is 11.6 Å². The highest BCUT2D eigenvalue weighted by Gasteiger charge is 2.26.